The Morgan fingerprint density at radius 3 is 1.10 bits per heavy atom. The summed E-state index contributed by atoms with van der Waals surface area (Å²) < 4.78 is 40.7. The van der Waals surface area contributed by atoms with Gasteiger partial charge in [0.1, 0.15) is 12.4 Å². The lowest BCUT2D eigenvalue weighted by Crippen LogP contribution is -2.39. The number of nitrogens with zero attached hydrogens (tertiary/aromatic N) is 10. The van der Waals surface area contributed by atoms with Gasteiger partial charge in [-0.3, -0.25) is 25.5 Å². The van der Waals surface area contributed by atoms with Crippen LogP contribution in [0.2, 0.25) is 0 Å². The van der Waals surface area contributed by atoms with E-state index < -0.39 is 0 Å². The summed E-state index contributed by atoms with van der Waals surface area (Å²) in [6.45, 7) is 32.1. The minimum absolute atomic E-state index is 0. The molecular formula is C99H173N15O8. The smallest absolute Gasteiger partial charge is 0.119 e. The predicted molar refractivity (Wildman–Crippen MR) is 496 cm³/mol. The lowest BCUT2D eigenvalue weighted by Gasteiger charge is -2.42. The summed E-state index contributed by atoms with van der Waals surface area (Å²) in [5.74, 6) is 5.10. The Labute approximate surface area is 739 Å². The number of rotatable bonds is 42. The average Bonchev–Trinajstić information content (AvgIpc) is 1.62. The summed E-state index contributed by atoms with van der Waals surface area (Å²) in [5.41, 5.74) is 14.4. The number of benzene rings is 1. The van der Waals surface area contributed by atoms with Crippen LogP contribution in [-0.2, 0) is 61.1 Å². The summed E-state index contributed by atoms with van der Waals surface area (Å²) in [6.07, 6.45) is 50.7. The fourth-order valence-electron chi connectivity index (χ4n) is 20.5. The molecule has 5 aliphatic carbocycles. The maximum absolute atomic E-state index is 8.84. The van der Waals surface area contributed by atoms with Crippen molar-refractivity contribution in [2.24, 2.45) is 17.3 Å². The highest BCUT2D eigenvalue weighted by Gasteiger charge is 2.47. The number of nitrogens with one attached hydrogen (secondary N) is 5. The molecule has 692 valence electrons. The monoisotopic (exact) mass is 1700 g/mol. The molecule has 6 aromatic rings. The van der Waals surface area contributed by atoms with Crippen LogP contribution in [0.4, 0.5) is 0 Å². The first kappa shape index (κ1) is 102. The van der Waals surface area contributed by atoms with E-state index in [2.05, 4.69) is 159 Å². The number of para-hydroxylation sites is 1. The molecule has 1 aromatic carbocycles. The van der Waals surface area contributed by atoms with E-state index in [1.807, 2.05) is 61.3 Å². The van der Waals surface area contributed by atoms with E-state index in [-0.39, 0.29) is 25.2 Å². The zero-order valence-electron chi connectivity index (χ0n) is 78.3. The molecule has 7 heterocycles. The van der Waals surface area contributed by atoms with Gasteiger partial charge < -0.3 is 62.8 Å². The van der Waals surface area contributed by atoms with Gasteiger partial charge in [-0.2, -0.15) is 25.5 Å². The van der Waals surface area contributed by atoms with Crippen molar-refractivity contribution in [3.05, 3.63) is 118 Å². The number of hydrogen-bond acceptors (Lipinski definition) is 18. The molecule has 7 fully saturated rings. The molecule has 2 spiro atoms. The molecule has 2 aliphatic heterocycles. The Morgan fingerprint density at radius 1 is 0.418 bits per heavy atom. The zero-order valence-corrected chi connectivity index (χ0v) is 78.3. The number of H-pyrrole nitrogens is 5. The first-order valence-electron chi connectivity index (χ1n) is 48.1. The molecule has 0 bridgehead atoms. The Hall–Kier alpha value is -5.41. The molecule has 5 aromatic heterocycles. The standard InChI is InChI=1S/C23H35N3O2.C20H35N3O.C19H35N3O2.C19H33N3O.C17H31N3O2.CH4/c1-3-4-14-26(2)18-20-17-24-25-23(20)19-10-12-22(13-11-19)28-16-15-27-21-8-6-5-7-9-21;1-5-6-11-23(4)13-17-12-21-22-18(17)16-7-9-20(10-8-16)14-19(2,3)15-24-20;1-5-6-7-22(2)12-18-11-20-21-19(18)17-9-15(13-23-3)8-16(10-17)14-24-4;1-3-4-12-22(2)15-17-14-20-21-18(17)16-7-10-19(11-8-16)9-5-6-13-23-19;1-3-4-9-20(2)13-15-12-18-19-17(15)14-5-7-16(8-6-14)22-11-10-21;/h5-9,17,19,22H,3-4,10-16,18H2,1-2H3,(H,24,25);12,16H,5-11,13-15H2,1-4H3,(H,21,22);11,15-17H,5-10,12-14H2,1-4H3,(H,20,21);14,16H,3-13,15H2,1-2H3,(H,20,21);12,14,16,21H,3-11,13H2,1-2H3,(H,18,19);1H4. The van der Waals surface area contributed by atoms with Gasteiger partial charge in [0.25, 0.3) is 0 Å². The summed E-state index contributed by atoms with van der Waals surface area (Å²) in [7, 11) is 14.6. The number of aromatic nitrogens is 10. The molecule has 5 saturated carbocycles. The Morgan fingerprint density at radius 2 is 0.770 bits per heavy atom. The van der Waals surface area contributed by atoms with Crippen molar-refractivity contribution in [2.45, 2.75) is 354 Å². The summed E-state index contributed by atoms with van der Waals surface area (Å²) >= 11 is 0. The Balaban J connectivity index is 0.000000189. The number of methoxy groups -OCH3 is 2. The molecule has 0 amide bonds. The summed E-state index contributed by atoms with van der Waals surface area (Å²) in [5, 5.41) is 47.0. The minimum atomic E-state index is 0. The van der Waals surface area contributed by atoms with Crippen LogP contribution in [0.15, 0.2) is 61.3 Å². The normalized spacial score (nSPS) is 24.6. The van der Waals surface area contributed by atoms with Crippen LogP contribution in [0, 0.1) is 17.3 Å². The third kappa shape index (κ3) is 34.0. The van der Waals surface area contributed by atoms with E-state index in [9.17, 15) is 0 Å². The van der Waals surface area contributed by atoms with E-state index in [1.165, 1.54) is 223 Å². The second-order valence-electron chi connectivity index (χ2n) is 38.5. The molecule has 23 nitrogen and oxygen atoms in total. The third-order valence-corrected chi connectivity index (χ3v) is 27.2. The van der Waals surface area contributed by atoms with Crippen LogP contribution in [0.25, 0.3) is 0 Å². The van der Waals surface area contributed by atoms with Crippen molar-refractivity contribution in [3.63, 3.8) is 0 Å². The maximum Gasteiger partial charge on any atom is 0.119 e. The van der Waals surface area contributed by atoms with Crippen molar-refractivity contribution in [1.29, 1.82) is 0 Å². The number of aromatic amines is 5. The molecule has 2 unspecified atom stereocenters. The van der Waals surface area contributed by atoms with Gasteiger partial charge in [0.05, 0.1) is 80.8 Å². The molecule has 7 aliphatic rings. The first-order chi connectivity index (χ1) is 58.8. The molecule has 2 saturated heterocycles. The number of ether oxygens (including phenoxy) is 7. The van der Waals surface area contributed by atoms with E-state index in [0.29, 0.717) is 78.9 Å². The Bertz CT molecular complexity index is 3600. The van der Waals surface area contributed by atoms with Gasteiger partial charge in [0.15, 0.2) is 0 Å². The number of unbranched alkanes of at least 4 members (excludes halogenated alkanes) is 5. The third-order valence-electron chi connectivity index (χ3n) is 27.2. The quantitative estimate of drug-likeness (QED) is 0.0195. The van der Waals surface area contributed by atoms with Crippen LogP contribution >= 0.6 is 0 Å². The average molecular weight is 1700 g/mol. The highest BCUT2D eigenvalue weighted by atomic mass is 16.5. The van der Waals surface area contributed by atoms with Crippen molar-refractivity contribution >= 4 is 0 Å². The number of hydrogen-bond donors (Lipinski definition) is 6. The van der Waals surface area contributed by atoms with Crippen molar-refractivity contribution in [2.75, 3.05) is 135 Å². The second kappa shape index (κ2) is 55.4. The summed E-state index contributed by atoms with van der Waals surface area (Å²) in [4.78, 5) is 12.0. The van der Waals surface area contributed by atoms with Gasteiger partial charge in [0.2, 0.25) is 0 Å². The van der Waals surface area contributed by atoms with Crippen LogP contribution in [-0.4, -0.2) is 239 Å². The van der Waals surface area contributed by atoms with Gasteiger partial charge in [0, 0.05) is 153 Å². The largest absolute Gasteiger partial charge is 0.491 e. The van der Waals surface area contributed by atoms with Gasteiger partial charge in [-0.1, -0.05) is 106 Å². The van der Waals surface area contributed by atoms with Crippen LogP contribution < -0.4 is 4.74 Å². The second-order valence-corrected chi connectivity index (χ2v) is 38.5. The van der Waals surface area contributed by atoms with Gasteiger partial charge in [-0.25, -0.2) is 0 Å². The zero-order chi connectivity index (χ0) is 86.1. The van der Waals surface area contributed by atoms with Gasteiger partial charge in [-0.15, -0.1) is 0 Å². The van der Waals surface area contributed by atoms with Crippen LogP contribution in [0.1, 0.15) is 354 Å². The van der Waals surface area contributed by atoms with Crippen molar-refractivity contribution in [1.82, 2.24) is 75.5 Å². The lowest BCUT2D eigenvalue weighted by atomic mass is 9.72. The molecule has 23 heteroatoms. The molecule has 0 radical (unpaired) electrons. The predicted octanol–water partition coefficient (Wildman–Crippen LogP) is 20.2. The van der Waals surface area contributed by atoms with Gasteiger partial charge in [-0.05, 0) is 277 Å². The minimum Gasteiger partial charge on any atom is -0.491 e. The molecule has 122 heavy (non-hydrogen) atoms. The summed E-state index contributed by atoms with van der Waals surface area (Å²) in [6, 6.07) is 9.93. The highest BCUT2D eigenvalue weighted by Crippen LogP contribution is 2.51. The van der Waals surface area contributed by atoms with Crippen LogP contribution in [0.5, 0.6) is 5.75 Å². The number of aliphatic hydroxyl groups excluding tert-OH is 1. The van der Waals surface area contributed by atoms with Crippen molar-refractivity contribution in [3.8, 4) is 5.75 Å². The molecule has 2 atom stereocenters. The van der Waals surface area contributed by atoms with E-state index >= 15 is 0 Å². The maximum atomic E-state index is 8.84. The van der Waals surface area contributed by atoms with E-state index in [0.717, 1.165) is 142 Å². The molecule has 13 rings (SSSR count). The highest BCUT2D eigenvalue weighted by molar-refractivity contribution is 5.26. The first-order valence-corrected chi connectivity index (χ1v) is 48.1. The van der Waals surface area contributed by atoms with E-state index in [4.69, 9.17) is 38.3 Å². The lowest BCUT2D eigenvalue weighted by molar-refractivity contribution is -0.102. The fraction of sp³-hybridized carbons (Fsp3) is 0.788. The van der Waals surface area contributed by atoms with Gasteiger partial charge >= 0.3 is 0 Å². The number of aliphatic hydroxyl groups is 1. The fourth-order valence-corrected chi connectivity index (χ4v) is 20.5. The van der Waals surface area contributed by atoms with Crippen LogP contribution in [0.3, 0.4) is 0 Å². The molecular weight excluding hydrogens is 1530 g/mol. The van der Waals surface area contributed by atoms with Crippen molar-refractivity contribution < 1.29 is 38.3 Å². The SMILES string of the molecule is C.CCCCN(C)Cc1cn[nH]c1C1CC(COC)CC(COC)C1.CCCCN(C)Cc1cn[nH]c1C1CCC(OCCO)CC1.CCCCN(C)Cc1cn[nH]c1C1CCC(OCCOc2ccccc2)CC1.CCCCN(C)Cc1cn[nH]c1C1CCC2(CC1)CC(C)(C)CO2.CCCCN(C)Cc1cn[nH]c1C1CCC2(CCCCO2)CC1. The molecule has 6 N–H and O–H groups in total. The topological polar surface area (TPSA) is 244 Å². The van der Waals surface area contributed by atoms with E-state index in [1.54, 1.807) is 14.2 Å². The Kier molecular flexibility index (Phi) is 46.3.